The molecule has 1 atom stereocenters. The van der Waals surface area contributed by atoms with Crippen molar-refractivity contribution in [2.75, 3.05) is 0 Å². The summed E-state index contributed by atoms with van der Waals surface area (Å²) < 4.78 is 0. The standard InChI is InChI=1S/C18H33NO5/c1-2-3-4-5-6-7-8-9-10-11-12-16(20)19-15(18(23)24)13-14-17(21)22/h15H,2-14H2,1H3,(H,19,20)(H,21,22)(H,23,24)/t15-/m0/s1. The van der Waals surface area contributed by atoms with E-state index in [9.17, 15) is 14.4 Å². The number of rotatable bonds is 16. The number of carbonyl (C=O) groups excluding carboxylic acids is 1. The Balaban J connectivity index is 3.63. The molecule has 0 unspecified atom stereocenters. The van der Waals surface area contributed by atoms with Crippen molar-refractivity contribution in [1.29, 1.82) is 0 Å². The molecule has 0 heterocycles. The summed E-state index contributed by atoms with van der Waals surface area (Å²) in [4.78, 5) is 33.2. The van der Waals surface area contributed by atoms with Crippen molar-refractivity contribution in [3.63, 3.8) is 0 Å². The third-order valence-corrected chi connectivity index (χ3v) is 4.04. The second-order valence-corrected chi connectivity index (χ2v) is 6.32. The number of unbranched alkanes of at least 4 members (excludes halogenated alkanes) is 9. The molecule has 0 aromatic heterocycles. The first-order valence-electron chi connectivity index (χ1n) is 9.21. The molecule has 0 aliphatic rings. The Kier molecular flexibility index (Phi) is 14.0. The Bertz CT molecular complexity index is 370. The monoisotopic (exact) mass is 343 g/mol. The zero-order valence-corrected chi connectivity index (χ0v) is 14.9. The number of carboxylic acid groups (broad SMARTS) is 2. The highest BCUT2D eigenvalue weighted by Crippen LogP contribution is 2.11. The third kappa shape index (κ3) is 14.0. The first-order chi connectivity index (χ1) is 11.5. The molecule has 0 saturated carbocycles. The highest BCUT2D eigenvalue weighted by atomic mass is 16.4. The van der Waals surface area contributed by atoms with E-state index in [1.165, 1.54) is 44.9 Å². The first-order valence-corrected chi connectivity index (χ1v) is 9.21. The maximum Gasteiger partial charge on any atom is 0.326 e. The second-order valence-electron chi connectivity index (χ2n) is 6.32. The van der Waals surface area contributed by atoms with Gasteiger partial charge in [0.15, 0.2) is 0 Å². The summed E-state index contributed by atoms with van der Waals surface area (Å²) in [6.07, 6.45) is 11.7. The molecule has 3 N–H and O–H groups in total. The summed E-state index contributed by atoms with van der Waals surface area (Å²) in [5.74, 6) is -2.56. The molecule has 1 amide bonds. The van der Waals surface area contributed by atoms with Crippen LogP contribution in [0.1, 0.15) is 90.4 Å². The molecular weight excluding hydrogens is 310 g/mol. The van der Waals surface area contributed by atoms with Gasteiger partial charge in [-0.25, -0.2) is 4.79 Å². The van der Waals surface area contributed by atoms with Gasteiger partial charge in [-0.1, -0.05) is 64.7 Å². The zero-order valence-electron chi connectivity index (χ0n) is 14.9. The van der Waals surface area contributed by atoms with Crippen LogP contribution in [0.5, 0.6) is 0 Å². The number of carbonyl (C=O) groups is 3. The van der Waals surface area contributed by atoms with E-state index in [1.807, 2.05) is 0 Å². The van der Waals surface area contributed by atoms with Crippen LogP contribution in [0.3, 0.4) is 0 Å². The summed E-state index contributed by atoms with van der Waals surface area (Å²) in [6.45, 7) is 2.21. The van der Waals surface area contributed by atoms with Crippen molar-refractivity contribution in [3.8, 4) is 0 Å². The first kappa shape index (κ1) is 22.4. The molecule has 6 heteroatoms. The maximum atomic E-state index is 11.7. The van der Waals surface area contributed by atoms with Crippen LogP contribution in [0, 0.1) is 0 Å². The van der Waals surface area contributed by atoms with Crippen molar-refractivity contribution in [2.45, 2.75) is 96.4 Å². The van der Waals surface area contributed by atoms with Gasteiger partial charge in [0.05, 0.1) is 0 Å². The Morgan fingerprint density at radius 1 is 0.792 bits per heavy atom. The number of hydrogen-bond acceptors (Lipinski definition) is 3. The summed E-state index contributed by atoms with van der Waals surface area (Å²) >= 11 is 0. The van der Waals surface area contributed by atoms with Crippen LogP contribution in [-0.4, -0.2) is 34.1 Å². The number of nitrogens with one attached hydrogen (secondary N) is 1. The summed E-state index contributed by atoms with van der Waals surface area (Å²) in [5, 5.41) is 20.0. The number of carboxylic acids is 2. The van der Waals surface area contributed by atoms with E-state index in [0.29, 0.717) is 6.42 Å². The van der Waals surface area contributed by atoms with Crippen molar-refractivity contribution in [2.24, 2.45) is 0 Å². The van der Waals surface area contributed by atoms with Gasteiger partial charge in [-0.15, -0.1) is 0 Å². The molecule has 0 radical (unpaired) electrons. The highest BCUT2D eigenvalue weighted by molar-refractivity contribution is 5.83. The minimum atomic E-state index is -1.19. The Labute approximate surface area is 145 Å². The van der Waals surface area contributed by atoms with E-state index in [-0.39, 0.29) is 18.7 Å². The molecule has 0 rings (SSSR count). The van der Waals surface area contributed by atoms with E-state index in [1.54, 1.807) is 0 Å². The van der Waals surface area contributed by atoms with Gasteiger partial charge >= 0.3 is 11.9 Å². The largest absolute Gasteiger partial charge is 0.481 e. The predicted molar refractivity (Wildman–Crippen MR) is 92.9 cm³/mol. The minimum absolute atomic E-state index is 0.0889. The average molecular weight is 343 g/mol. The van der Waals surface area contributed by atoms with Crippen LogP contribution in [0.15, 0.2) is 0 Å². The summed E-state index contributed by atoms with van der Waals surface area (Å²) in [6, 6.07) is -1.11. The quantitative estimate of drug-likeness (QED) is 0.370. The molecule has 0 aromatic carbocycles. The SMILES string of the molecule is CCCCCCCCCCCCC(=O)N[C@@H](CCC(=O)O)C(=O)O. The molecule has 0 aromatic rings. The molecule has 6 nitrogen and oxygen atoms in total. The van der Waals surface area contributed by atoms with Gasteiger partial charge in [0.1, 0.15) is 6.04 Å². The summed E-state index contributed by atoms with van der Waals surface area (Å²) in [5.41, 5.74) is 0. The topological polar surface area (TPSA) is 104 Å². The average Bonchev–Trinajstić information content (AvgIpc) is 2.52. The van der Waals surface area contributed by atoms with Gasteiger partial charge < -0.3 is 15.5 Å². The molecule has 0 bridgehead atoms. The van der Waals surface area contributed by atoms with Gasteiger partial charge in [0.2, 0.25) is 5.91 Å². The van der Waals surface area contributed by atoms with Crippen molar-refractivity contribution >= 4 is 17.8 Å². The number of aliphatic carboxylic acids is 2. The second kappa shape index (κ2) is 15.0. The lowest BCUT2D eigenvalue weighted by atomic mass is 10.1. The van der Waals surface area contributed by atoms with Crippen LogP contribution >= 0.6 is 0 Å². The molecule has 24 heavy (non-hydrogen) atoms. The predicted octanol–water partition coefficient (Wildman–Crippen LogP) is 3.73. The molecule has 0 saturated heterocycles. The molecule has 0 fully saturated rings. The van der Waals surface area contributed by atoms with E-state index < -0.39 is 18.0 Å². The van der Waals surface area contributed by atoms with Crippen LogP contribution < -0.4 is 5.32 Å². The van der Waals surface area contributed by atoms with Crippen LogP contribution in [0.4, 0.5) is 0 Å². The van der Waals surface area contributed by atoms with E-state index in [2.05, 4.69) is 12.2 Å². The lowest BCUT2D eigenvalue weighted by Crippen LogP contribution is -2.41. The van der Waals surface area contributed by atoms with Crippen molar-refractivity contribution in [1.82, 2.24) is 5.32 Å². The van der Waals surface area contributed by atoms with Gasteiger partial charge in [-0.2, -0.15) is 0 Å². The van der Waals surface area contributed by atoms with Gasteiger partial charge in [0.25, 0.3) is 0 Å². The van der Waals surface area contributed by atoms with Crippen LogP contribution in [0.2, 0.25) is 0 Å². The molecule has 0 spiro atoms. The molecule has 0 aliphatic heterocycles. The molecule has 0 aliphatic carbocycles. The lowest BCUT2D eigenvalue weighted by molar-refractivity contribution is -0.143. The third-order valence-electron chi connectivity index (χ3n) is 4.04. The van der Waals surface area contributed by atoms with Crippen LogP contribution in [-0.2, 0) is 14.4 Å². The Hall–Kier alpha value is -1.59. The molecular formula is C18H33NO5. The fraction of sp³-hybridized carbons (Fsp3) is 0.833. The normalized spacial score (nSPS) is 11.9. The summed E-state index contributed by atoms with van der Waals surface area (Å²) in [7, 11) is 0. The van der Waals surface area contributed by atoms with Gasteiger partial charge in [-0.3, -0.25) is 9.59 Å². The smallest absolute Gasteiger partial charge is 0.326 e. The van der Waals surface area contributed by atoms with E-state index in [0.717, 1.165) is 19.3 Å². The maximum absolute atomic E-state index is 11.7. The minimum Gasteiger partial charge on any atom is -0.481 e. The van der Waals surface area contributed by atoms with Gasteiger partial charge in [0, 0.05) is 12.8 Å². The van der Waals surface area contributed by atoms with Crippen molar-refractivity contribution in [3.05, 3.63) is 0 Å². The Morgan fingerprint density at radius 3 is 1.75 bits per heavy atom. The van der Waals surface area contributed by atoms with Crippen LogP contribution in [0.25, 0.3) is 0 Å². The van der Waals surface area contributed by atoms with E-state index >= 15 is 0 Å². The number of amides is 1. The van der Waals surface area contributed by atoms with Crippen molar-refractivity contribution < 1.29 is 24.6 Å². The number of hydrogen-bond donors (Lipinski definition) is 3. The Morgan fingerprint density at radius 2 is 1.29 bits per heavy atom. The fourth-order valence-electron chi connectivity index (χ4n) is 2.56. The highest BCUT2D eigenvalue weighted by Gasteiger charge is 2.20. The molecule has 140 valence electrons. The zero-order chi connectivity index (χ0) is 18.2. The van der Waals surface area contributed by atoms with Gasteiger partial charge in [-0.05, 0) is 12.8 Å². The lowest BCUT2D eigenvalue weighted by Gasteiger charge is -2.13. The fourth-order valence-corrected chi connectivity index (χ4v) is 2.56. The van der Waals surface area contributed by atoms with E-state index in [4.69, 9.17) is 10.2 Å².